The third-order valence-electron chi connectivity index (χ3n) is 3.72. The molecule has 0 heterocycles. The van der Waals surface area contributed by atoms with E-state index in [1.165, 1.54) is 11.1 Å². The highest BCUT2D eigenvalue weighted by Crippen LogP contribution is 2.40. The van der Waals surface area contributed by atoms with Gasteiger partial charge in [0.05, 0.1) is 0 Å². The zero-order valence-corrected chi connectivity index (χ0v) is 13.9. The van der Waals surface area contributed by atoms with E-state index < -0.39 is 8.15 Å². The van der Waals surface area contributed by atoms with Gasteiger partial charge in [-0.2, -0.15) is 0 Å². The van der Waals surface area contributed by atoms with E-state index in [9.17, 15) is 4.79 Å². The summed E-state index contributed by atoms with van der Waals surface area (Å²) in [5.74, 6) is 0. The van der Waals surface area contributed by atoms with Crippen LogP contribution in [0.15, 0.2) is 42.5 Å². The Labute approximate surface area is 128 Å². The molecule has 0 bridgehead atoms. The van der Waals surface area contributed by atoms with Crippen molar-refractivity contribution in [3.05, 3.63) is 64.7 Å². The maximum Gasteiger partial charge on any atom is 0.216 e. The fourth-order valence-electron chi connectivity index (χ4n) is 2.24. The Morgan fingerprint density at radius 3 is 2.29 bits per heavy atom. The molecule has 0 aliphatic carbocycles. The van der Waals surface area contributed by atoms with Crippen molar-refractivity contribution in [2.24, 2.45) is 0 Å². The lowest BCUT2D eigenvalue weighted by molar-refractivity contribution is 0.106. The van der Waals surface area contributed by atoms with Gasteiger partial charge in [-0.1, -0.05) is 42.5 Å². The van der Waals surface area contributed by atoms with Crippen LogP contribution in [-0.2, 0) is 4.52 Å². The van der Waals surface area contributed by atoms with E-state index in [1.54, 1.807) is 0 Å². The third-order valence-corrected chi connectivity index (χ3v) is 5.62. The van der Waals surface area contributed by atoms with Crippen LogP contribution in [0.4, 0.5) is 0 Å². The van der Waals surface area contributed by atoms with Crippen LogP contribution in [0.25, 0.3) is 0 Å². The van der Waals surface area contributed by atoms with Crippen molar-refractivity contribution in [3.63, 3.8) is 0 Å². The molecule has 3 heteroatoms. The summed E-state index contributed by atoms with van der Waals surface area (Å²) in [6, 6.07) is 13.7. The molecule has 2 rings (SSSR count). The molecular formula is C18H21O2P. The number of hydrogen-bond acceptors (Lipinski definition) is 2. The van der Waals surface area contributed by atoms with Crippen molar-refractivity contribution < 1.29 is 9.32 Å². The Morgan fingerprint density at radius 1 is 1.00 bits per heavy atom. The first-order valence-electron chi connectivity index (χ1n) is 7.15. The van der Waals surface area contributed by atoms with E-state index in [0.29, 0.717) is 6.61 Å². The summed E-state index contributed by atoms with van der Waals surface area (Å²) in [7, 11) is -1.27. The predicted octanol–water partition coefficient (Wildman–Crippen LogP) is 4.51. The second-order valence-electron chi connectivity index (χ2n) is 5.03. The van der Waals surface area contributed by atoms with Crippen molar-refractivity contribution in [1.29, 1.82) is 0 Å². The van der Waals surface area contributed by atoms with Crippen LogP contribution < -0.4 is 5.30 Å². The zero-order valence-electron chi connectivity index (χ0n) is 13.0. The van der Waals surface area contributed by atoms with E-state index in [4.69, 9.17) is 4.52 Å². The molecule has 0 spiro atoms. The van der Waals surface area contributed by atoms with Gasteiger partial charge >= 0.3 is 0 Å². The van der Waals surface area contributed by atoms with E-state index in [-0.39, 0.29) is 5.52 Å². The lowest BCUT2D eigenvalue weighted by Gasteiger charge is -2.18. The maximum absolute atomic E-state index is 12.9. The Kier molecular flexibility index (Phi) is 5.27. The lowest BCUT2D eigenvalue weighted by Crippen LogP contribution is -2.13. The molecule has 2 nitrogen and oxygen atoms in total. The first-order valence-corrected chi connectivity index (χ1v) is 8.41. The average molecular weight is 300 g/mol. The Morgan fingerprint density at radius 2 is 1.67 bits per heavy atom. The van der Waals surface area contributed by atoms with Gasteiger partial charge in [-0.25, -0.2) is 0 Å². The van der Waals surface area contributed by atoms with Gasteiger partial charge in [0, 0.05) is 17.5 Å². The van der Waals surface area contributed by atoms with E-state index in [2.05, 4.69) is 13.8 Å². The summed E-state index contributed by atoms with van der Waals surface area (Å²) in [6.07, 6.45) is 0. The summed E-state index contributed by atoms with van der Waals surface area (Å²) in [5, 5.41) is 0.969. The normalized spacial score (nSPS) is 12.2. The number of carbonyl (C=O) groups is 1. The molecule has 0 radical (unpaired) electrons. The van der Waals surface area contributed by atoms with Crippen molar-refractivity contribution in [2.45, 2.75) is 27.7 Å². The molecule has 0 fully saturated rings. The first kappa shape index (κ1) is 15.9. The molecule has 1 atom stereocenters. The highest BCUT2D eigenvalue weighted by atomic mass is 31.1. The molecule has 0 aliphatic rings. The maximum atomic E-state index is 12.9. The third kappa shape index (κ3) is 3.40. The molecule has 2 aromatic carbocycles. The van der Waals surface area contributed by atoms with Crippen molar-refractivity contribution >= 4 is 19.0 Å². The van der Waals surface area contributed by atoms with Gasteiger partial charge in [-0.3, -0.25) is 4.79 Å². The van der Waals surface area contributed by atoms with Gasteiger partial charge in [0.1, 0.15) is 8.15 Å². The minimum absolute atomic E-state index is 0.0960. The summed E-state index contributed by atoms with van der Waals surface area (Å²) in [6.45, 7) is 8.61. The fourth-order valence-corrected chi connectivity index (χ4v) is 3.90. The molecule has 110 valence electrons. The number of rotatable bonds is 5. The molecule has 0 amide bonds. The SMILES string of the molecule is CCOP(C(=O)c1ccc(C)c(C)c1C)c1ccccc1. The summed E-state index contributed by atoms with van der Waals surface area (Å²) < 4.78 is 5.78. The average Bonchev–Trinajstić information content (AvgIpc) is 2.51. The molecule has 1 unspecified atom stereocenters. The van der Waals surface area contributed by atoms with Gasteiger partial charge in [-0.15, -0.1) is 0 Å². The fraction of sp³-hybridized carbons (Fsp3) is 0.278. The Bertz CT molecular complexity index is 635. The van der Waals surface area contributed by atoms with Crippen LogP contribution in [0.3, 0.4) is 0 Å². The number of benzene rings is 2. The van der Waals surface area contributed by atoms with Crippen LogP contribution >= 0.6 is 8.15 Å². The number of carbonyl (C=O) groups excluding carboxylic acids is 1. The van der Waals surface area contributed by atoms with E-state index in [0.717, 1.165) is 16.4 Å². The standard InChI is InChI=1S/C18H21O2P/c1-5-20-21(16-9-7-6-8-10-16)18(19)17-12-11-13(2)14(3)15(17)4/h6-12H,5H2,1-4H3. The second-order valence-corrected chi connectivity index (χ2v) is 6.80. The van der Waals surface area contributed by atoms with E-state index in [1.807, 2.05) is 56.3 Å². The number of aryl methyl sites for hydroxylation is 1. The predicted molar refractivity (Wildman–Crippen MR) is 89.6 cm³/mol. The molecule has 2 aromatic rings. The zero-order chi connectivity index (χ0) is 15.4. The topological polar surface area (TPSA) is 26.3 Å². The number of hydrogen-bond donors (Lipinski definition) is 0. The molecule has 0 aliphatic heterocycles. The Balaban J connectivity index is 2.42. The summed E-state index contributed by atoms with van der Waals surface area (Å²) in [5.41, 5.74) is 4.33. The molecular weight excluding hydrogens is 279 g/mol. The van der Waals surface area contributed by atoms with Crippen LogP contribution in [0.1, 0.15) is 34.0 Å². The minimum Gasteiger partial charge on any atom is -0.347 e. The van der Waals surface area contributed by atoms with Gasteiger partial charge in [0.2, 0.25) is 5.52 Å². The molecule has 0 aromatic heterocycles. The van der Waals surface area contributed by atoms with Crippen LogP contribution in [0.2, 0.25) is 0 Å². The van der Waals surface area contributed by atoms with Crippen LogP contribution in [0, 0.1) is 20.8 Å². The smallest absolute Gasteiger partial charge is 0.216 e. The van der Waals surface area contributed by atoms with Gasteiger partial charge in [0.25, 0.3) is 0 Å². The van der Waals surface area contributed by atoms with Crippen molar-refractivity contribution in [1.82, 2.24) is 0 Å². The summed E-state index contributed by atoms with van der Waals surface area (Å²) >= 11 is 0. The van der Waals surface area contributed by atoms with Crippen molar-refractivity contribution in [2.75, 3.05) is 6.61 Å². The van der Waals surface area contributed by atoms with Gasteiger partial charge < -0.3 is 4.52 Å². The Hall–Kier alpha value is -1.50. The molecule has 21 heavy (non-hydrogen) atoms. The monoisotopic (exact) mass is 300 g/mol. The van der Waals surface area contributed by atoms with E-state index >= 15 is 0 Å². The van der Waals surface area contributed by atoms with Crippen LogP contribution in [-0.4, -0.2) is 12.1 Å². The van der Waals surface area contributed by atoms with Gasteiger partial charge in [0.15, 0.2) is 0 Å². The summed E-state index contributed by atoms with van der Waals surface area (Å²) in [4.78, 5) is 12.9. The minimum atomic E-state index is -1.27. The lowest BCUT2D eigenvalue weighted by atomic mass is 10.00. The molecule has 0 saturated heterocycles. The van der Waals surface area contributed by atoms with Gasteiger partial charge in [-0.05, 0) is 44.4 Å². The van der Waals surface area contributed by atoms with Crippen LogP contribution in [0.5, 0.6) is 0 Å². The highest BCUT2D eigenvalue weighted by Gasteiger charge is 2.24. The second kappa shape index (κ2) is 6.98. The molecule has 0 saturated carbocycles. The highest BCUT2D eigenvalue weighted by molar-refractivity contribution is 7.78. The molecule has 0 N–H and O–H groups in total. The largest absolute Gasteiger partial charge is 0.347 e. The quantitative estimate of drug-likeness (QED) is 0.759. The first-order chi connectivity index (χ1) is 10.1. The van der Waals surface area contributed by atoms with Crippen molar-refractivity contribution in [3.8, 4) is 0 Å².